The van der Waals surface area contributed by atoms with Crippen LogP contribution in [0.5, 0.6) is 0 Å². The Kier molecular flexibility index (Phi) is 5.12. The van der Waals surface area contributed by atoms with E-state index in [-0.39, 0.29) is 0 Å². The molecule has 0 fully saturated rings. The van der Waals surface area contributed by atoms with Gasteiger partial charge in [0.05, 0.1) is 21.3 Å². The second-order valence-electron chi connectivity index (χ2n) is 10.5. The highest BCUT2D eigenvalue weighted by molar-refractivity contribution is 7.92. The van der Waals surface area contributed by atoms with Gasteiger partial charge in [0, 0.05) is 16.5 Å². The topological polar surface area (TPSA) is 39.1 Å². The number of hydrogen-bond donors (Lipinski definition) is 0. The van der Waals surface area contributed by atoms with Crippen molar-refractivity contribution in [2.24, 2.45) is 0 Å². The second kappa shape index (κ2) is 8.79. The summed E-state index contributed by atoms with van der Waals surface area (Å²) in [5.74, 6) is 0. The molecule has 7 aromatic rings. The van der Waals surface area contributed by atoms with Gasteiger partial charge < -0.3 is 4.57 Å². The van der Waals surface area contributed by atoms with Gasteiger partial charge >= 0.3 is 0 Å². The zero-order valence-electron chi connectivity index (χ0n) is 22.1. The van der Waals surface area contributed by atoms with E-state index in [0.29, 0.717) is 15.3 Å². The summed E-state index contributed by atoms with van der Waals surface area (Å²) in [6.45, 7) is 0. The van der Waals surface area contributed by atoms with E-state index >= 15 is 0 Å². The summed E-state index contributed by atoms with van der Waals surface area (Å²) in [7, 11) is -3.91. The molecule has 0 aliphatic carbocycles. The third-order valence-corrected chi connectivity index (χ3v) is 10.4. The van der Waals surface area contributed by atoms with Crippen molar-refractivity contribution in [3.05, 3.63) is 174 Å². The van der Waals surface area contributed by atoms with E-state index in [1.54, 1.807) is 6.07 Å². The molecule has 0 N–H and O–H groups in total. The van der Waals surface area contributed by atoms with Gasteiger partial charge in [-0.3, -0.25) is 0 Å². The Labute approximate surface area is 238 Å². The van der Waals surface area contributed by atoms with Gasteiger partial charge in [0.2, 0.25) is 9.84 Å². The minimum atomic E-state index is -3.91. The predicted molar refractivity (Wildman–Crippen MR) is 165 cm³/mol. The Morgan fingerprint density at radius 1 is 0.488 bits per heavy atom. The molecular formula is C37H25NO2S. The van der Waals surface area contributed by atoms with Crippen LogP contribution in [0.3, 0.4) is 0 Å². The van der Waals surface area contributed by atoms with Gasteiger partial charge in [0.25, 0.3) is 0 Å². The van der Waals surface area contributed by atoms with E-state index < -0.39 is 15.3 Å². The fourth-order valence-electron chi connectivity index (χ4n) is 6.87. The molecule has 4 heteroatoms. The molecule has 8 rings (SSSR count). The lowest BCUT2D eigenvalue weighted by molar-refractivity contribution is 0.580. The molecule has 196 valence electrons. The number of fused-ring (bicyclic) bond motifs is 6. The molecule has 2 heterocycles. The summed E-state index contributed by atoms with van der Waals surface area (Å²) in [6.07, 6.45) is 0. The number of aromatic nitrogens is 1. The smallest absolute Gasteiger partial charge is 0.209 e. The van der Waals surface area contributed by atoms with Crippen molar-refractivity contribution in [1.82, 2.24) is 4.57 Å². The van der Waals surface area contributed by atoms with Crippen molar-refractivity contribution in [3.63, 3.8) is 0 Å². The predicted octanol–water partition coefficient (Wildman–Crippen LogP) is 8.31. The lowest BCUT2D eigenvalue weighted by Crippen LogP contribution is -2.37. The van der Waals surface area contributed by atoms with Gasteiger partial charge in [0.15, 0.2) is 0 Å². The molecule has 0 unspecified atom stereocenters. The highest BCUT2D eigenvalue weighted by atomic mass is 32.2. The summed E-state index contributed by atoms with van der Waals surface area (Å²) in [4.78, 5) is 0.707. The Bertz CT molecular complexity index is 2160. The fourth-order valence-corrected chi connectivity index (χ4v) is 8.83. The molecule has 3 nitrogen and oxygen atoms in total. The first-order valence-electron chi connectivity index (χ1n) is 13.7. The maximum Gasteiger partial charge on any atom is 0.209 e. The van der Waals surface area contributed by atoms with Crippen molar-refractivity contribution >= 4 is 31.6 Å². The highest BCUT2D eigenvalue weighted by Crippen LogP contribution is 2.55. The first-order valence-corrected chi connectivity index (χ1v) is 15.2. The molecule has 0 atom stereocenters. The van der Waals surface area contributed by atoms with Crippen molar-refractivity contribution in [3.8, 4) is 5.69 Å². The van der Waals surface area contributed by atoms with Gasteiger partial charge in [-0.25, -0.2) is 8.42 Å². The Balaban J connectivity index is 1.66. The zero-order valence-corrected chi connectivity index (χ0v) is 22.9. The van der Waals surface area contributed by atoms with Gasteiger partial charge in [-0.15, -0.1) is 0 Å². The van der Waals surface area contributed by atoms with Crippen molar-refractivity contribution in [2.75, 3.05) is 0 Å². The van der Waals surface area contributed by atoms with Crippen LogP contribution in [0.1, 0.15) is 22.3 Å². The number of para-hydroxylation sites is 2. The lowest BCUT2D eigenvalue weighted by atomic mass is 9.64. The minimum absolute atomic E-state index is 0.345. The summed E-state index contributed by atoms with van der Waals surface area (Å²) < 4.78 is 31.9. The van der Waals surface area contributed by atoms with Crippen LogP contribution in [-0.4, -0.2) is 13.0 Å². The van der Waals surface area contributed by atoms with Crippen LogP contribution in [-0.2, 0) is 15.3 Å². The third-order valence-electron chi connectivity index (χ3n) is 8.47. The van der Waals surface area contributed by atoms with Crippen molar-refractivity contribution in [2.45, 2.75) is 15.2 Å². The van der Waals surface area contributed by atoms with Gasteiger partial charge in [-0.1, -0.05) is 127 Å². The van der Waals surface area contributed by atoms with E-state index in [4.69, 9.17) is 0 Å². The average molecular weight is 548 g/mol. The molecule has 0 amide bonds. The molecule has 6 aromatic carbocycles. The molecule has 1 aliphatic heterocycles. The first kappa shape index (κ1) is 23.9. The average Bonchev–Trinajstić information content (AvgIpc) is 3.37. The van der Waals surface area contributed by atoms with E-state index in [2.05, 4.69) is 47.0 Å². The van der Waals surface area contributed by atoms with Gasteiger partial charge in [-0.05, 0) is 46.5 Å². The Morgan fingerprint density at radius 3 is 1.73 bits per heavy atom. The number of sulfone groups is 1. The molecule has 41 heavy (non-hydrogen) atoms. The quantitative estimate of drug-likeness (QED) is 0.223. The van der Waals surface area contributed by atoms with Crippen LogP contribution in [0.25, 0.3) is 27.5 Å². The molecule has 0 saturated carbocycles. The van der Waals surface area contributed by atoms with Crippen LogP contribution in [0.15, 0.2) is 161 Å². The zero-order chi connectivity index (χ0) is 27.6. The maximum absolute atomic E-state index is 14.9. The normalized spacial score (nSPS) is 14.9. The first-order chi connectivity index (χ1) is 20.1. The molecule has 1 aromatic heterocycles. The summed E-state index contributed by atoms with van der Waals surface area (Å²) in [6, 6.07) is 50.5. The van der Waals surface area contributed by atoms with Crippen molar-refractivity contribution < 1.29 is 8.42 Å². The van der Waals surface area contributed by atoms with Crippen LogP contribution >= 0.6 is 0 Å². The Hall–Kier alpha value is -4.93. The second-order valence-corrected chi connectivity index (χ2v) is 12.4. The number of nitrogens with zero attached hydrogens (tertiary/aromatic N) is 1. The van der Waals surface area contributed by atoms with Gasteiger partial charge in [-0.2, -0.15) is 0 Å². The number of benzene rings is 6. The lowest BCUT2D eigenvalue weighted by Gasteiger charge is -2.42. The van der Waals surface area contributed by atoms with Crippen molar-refractivity contribution in [1.29, 1.82) is 0 Å². The van der Waals surface area contributed by atoms with Crippen LogP contribution in [0, 0.1) is 0 Å². The SMILES string of the molecule is O=S1(=O)c2ccccc2C(c2ccccc2)(c2ccccc2)c2ccc3c4ccccc4n(-c4ccccc4)c3c21. The summed E-state index contributed by atoms with van der Waals surface area (Å²) >= 11 is 0. The number of rotatable bonds is 3. The van der Waals surface area contributed by atoms with E-state index in [0.717, 1.165) is 44.2 Å². The molecule has 0 saturated heterocycles. The standard InChI is InChI=1S/C37H25NO2S/c39-41(40)34-23-13-11-21-31(34)37(26-14-4-1-5-15-26,27-16-6-2-7-17-27)32-25-24-30-29-20-10-12-22-33(29)38(35(30)36(32)41)28-18-8-3-9-19-28/h1-25H. The maximum atomic E-state index is 14.9. The van der Waals surface area contributed by atoms with Crippen LogP contribution in [0.4, 0.5) is 0 Å². The summed E-state index contributed by atoms with van der Waals surface area (Å²) in [5.41, 5.74) is 5.35. The summed E-state index contributed by atoms with van der Waals surface area (Å²) in [5, 5.41) is 1.94. The molecule has 0 radical (unpaired) electrons. The van der Waals surface area contributed by atoms with Gasteiger partial charge in [0.1, 0.15) is 4.90 Å². The minimum Gasteiger partial charge on any atom is -0.308 e. The molecule has 0 bridgehead atoms. The molecule has 0 spiro atoms. The van der Waals surface area contributed by atoms with E-state index in [9.17, 15) is 8.42 Å². The fraction of sp³-hybridized carbons (Fsp3) is 0.0270. The van der Waals surface area contributed by atoms with Crippen LogP contribution in [0.2, 0.25) is 0 Å². The van der Waals surface area contributed by atoms with E-state index in [1.165, 1.54) is 0 Å². The monoisotopic (exact) mass is 547 g/mol. The third kappa shape index (κ3) is 3.17. The highest BCUT2D eigenvalue weighted by Gasteiger charge is 2.49. The largest absolute Gasteiger partial charge is 0.308 e. The van der Waals surface area contributed by atoms with E-state index in [1.807, 2.05) is 103 Å². The van der Waals surface area contributed by atoms with Crippen LogP contribution < -0.4 is 0 Å². The Morgan fingerprint density at radius 2 is 1.05 bits per heavy atom. The molecule has 1 aliphatic rings. The molecular weight excluding hydrogens is 522 g/mol. The number of hydrogen-bond acceptors (Lipinski definition) is 2.